The van der Waals surface area contributed by atoms with E-state index in [0.717, 1.165) is 11.3 Å². The molecule has 6 nitrogen and oxygen atoms in total. The van der Waals surface area contributed by atoms with E-state index in [4.69, 9.17) is 4.74 Å². The van der Waals surface area contributed by atoms with Gasteiger partial charge in [0.15, 0.2) is 0 Å². The highest BCUT2D eigenvalue weighted by Gasteiger charge is 2.49. The molecule has 0 aliphatic carbocycles. The highest BCUT2D eigenvalue weighted by Crippen LogP contribution is 2.42. The molecule has 2 heterocycles. The Bertz CT molecular complexity index is 863. The first-order valence-corrected chi connectivity index (χ1v) is 10.6. The zero-order valence-electron chi connectivity index (χ0n) is 17.0. The molecule has 0 radical (unpaired) electrons. The van der Waals surface area contributed by atoms with E-state index in [1.54, 1.807) is 0 Å². The number of hydrogen-bond acceptors (Lipinski definition) is 4. The van der Waals surface area contributed by atoms with Gasteiger partial charge < -0.3 is 20.1 Å². The minimum atomic E-state index is -0.633. The van der Waals surface area contributed by atoms with Gasteiger partial charge in [0.1, 0.15) is 5.75 Å². The summed E-state index contributed by atoms with van der Waals surface area (Å²) in [5, 5.41) is 13.8. The van der Waals surface area contributed by atoms with Crippen molar-refractivity contribution >= 4 is 11.8 Å². The summed E-state index contributed by atoms with van der Waals surface area (Å²) < 4.78 is 5.62. The van der Waals surface area contributed by atoms with E-state index < -0.39 is 11.5 Å². The second-order valence-electron chi connectivity index (χ2n) is 8.21. The number of piperidine rings is 2. The minimum absolute atomic E-state index is 0.0128. The summed E-state index contributed by atoms with van der Waals surface area (Å²) in [6.45, 7) is 1.39. The SMILES string of the molecule is O=C(CCOc1ccccc1)N1CCC2(CC1)C[C@@H](O)[C@H](c1ccccc1)NC2=O. The van der Waals surface area contributed by atoms with Crippen molar-refractivity contribution in [2.45, 2.75) is 37.8 Å². The van der Waals surface area contributed by atoms with Gasteiger partial charge in [-0.2, -0.15) is 0 Å². The summed E-state index contributed by atoms with van der Waals surface area (Å²) >= 11 is 0. The van der Waals surface area contributed by atoms with Gasteiger partial charge >= 0.3 is 0 Å². The van der Waals surface area contributed by atoms with E-state index in [9.17, 15) is 14.7 Å². The van der Waals surface area contributed by atoms with Gasteiger partial charge in [0, 0.05) is 13.1 Å². The Labute approximate surface area is 176 Å². The Kier molecular flexibility index (Phi) is 6.04. The Morgan fingerprint density at radius 2 is 1.70 bits per heavy atom. The lowest BCUT2D eigenvalue weighted by Crippen LogP contribution is -2.57. The molecule has 30 heavy (non-hydrogen) atoms. The summed E-state index contributed by atoms with van der Waals surface area (Å²) in [5.74, 6) is 0.782. The molecule has 2 aromatic carbocycles. The van der Waals surface area contributed by atoms with Crippen LogP contribution < -0.4 is 10.1 Å². The average molecular weight is 408 g/mol. The standard InChI is InChI=1S/C24H28N2O4/c27-20-17-24(23(29)25-22(20)18-7-3-1-4-8-18)12-14-26(15-13-24)21(28)11-16-30-19-9-5-2-6-10-19/h1-10,20,22,27H,11-17H2,(H,25,29)/t20-,22+/m1/s1. The molecule has 2 atom stereocenters. The molecule has 158 valence electrons. The molecule has 0 saturated carbocycles. The molecule has 2 aliphatic heterocycles. The molecule has 2 fully saturated rings. The first kappa shape index (κ1) is 20.4. The number of amides is 2. The van der Waals surface area contributed by atoms with Gasteiger partial charge in [0.05, 0.1) is 30.6 Å². The fourth-order valence-electron chi connectivity index (χ4n) is 4.51. The number of para-hydroxylation sites is 1. The number of likely N-dealkylation sites (tertiary alicyclic amines) is 1. The highest BCUT2D eigenvalue weighted by molar-refractivity contribution is 5.85. The molecule has 1 spiro atoms. The fourth-order valence-corrected chi connectivity index (χ4v) is 4.51. The minimum Gasteiger partial charge on any atom is -0.493 e. The van der Waals surface area contributed by atoms with Crippen LogP contribution in [0.2, 0.25) is 0 Å². The Morgan fingerprint density at radius 3 is 2.37 bits per heavy atom. The van der Waals surface area contributed by atoms with Gasteiger partial charge in [-0.1, -0.05) is 48.5 Å². The lowest BCUT2D eigenvalue weighted by Gasteiger charge is -2.46. The van der Waals surface area contributed by atoms with Crippen LogP contribution >= 0.6 is 0 Å². The lowest BCUT2D eigenvalue weighted by atomic mass is 9.69. The average Bonchev–Trinajstić information content (AvgIpc) is 2.78. The van der Waals surface area contributed by atoms with Crippen LogP contribution in [-0.2, 0) is 9.59 Å². The number of rotatable bonds is 5. The van der Waals surface area contributed by atoms with Crippen LogP contribution in [0.25, 0.3) is 0 Å². The summed E-state index contributed by atoms with van der Waals surface area (Å²) in [6.07, 6.45) is 1.25. The zero-order valence-corrected chi connectivity index (χ0v) is 17.0. The fraction of sp³-hybridized carbons (Fsp3) is 0.417. The van der Waals surface area contributed by atoms with Crippen LogP contribution in [-0.4, -0.2) is 47.6 Å². The van der Waals surface area contributed by atoms with E-state index in [1.165, 1.54) is 0 Å². The van der Waals surface area contributed by atoms with Crippen LogP contribution in [0.3, 0.4) is 0 Å². The first-order chi connectivity index (χ1) is 14.6. The van der Waals surface area contributed by atoms with Gasteiger partial charge in [0.25, 0.3) is 0 Å². The molecule has 0 unspecified atom stereocenters. The maximum absolute atomic E-state index is 13.0. The summed E-state index contributed by atoms with van der Waals surface area (Å²) in [4.78, 5) is 27.3. The van der Waals surface area contributed by atoms with Crippen molar-refractivity contribution in [3.05, 3.63) is 66.2 Å². The third-order valence-electron chi connectivity index (χ3n) is 6.31. The van der Waals surface area contributed by atoms with E-state index in [1.807, 2.05) is 65.6 Å². The molecule has 2 saturated heterocycles. The molecule has 0 bridgehead atoms. The van der Waals surface area contributed by atoms with E-state index in [0.29, 0.717) is 45.4 Å². The molecule has 2 N–H and O–H groups in total. The Morgan fingerprint density at radius 1 is 1.07 bits per heavy atom. The molecular formula is C24H28N2O4. The van der Waals surface area contributed by atoms with E-state index in [-0.39, 0.29) is 17.9 Å². The van der Waals surface area contributed by atoms with Gasteiger partial charge in [-0.05, 0) is 37.0 Å². The number of nitrogens with one attached hydrogen (secondary N) is 1. The Balaban J connectivity index is 1.29. The third kappa shape index (κ3) is 4.33. The predicted octanol–water partition coefficient (Wildman–Crippen LogP) is 2.69. The highest BCUT2D eigenvalue weighted by atomic mass is 16.5. The number of aliphatic hydroxyl groups excluding tert-OH is 1. The molecular weight excluding hydrogens is 380 g/mol. The van der Waals surface area contributed by atoms with Crippen molar-refractivity contribution in [2.24, 2.45) is 5.41 Å². The number of benzene rings is 2. The van der Waals surface area contributed by atoms with Crippen LogP contribution in [0, 0.1) is 5.41 Å². The summed E-state index contributed by atoms with van der Waals surface area (Å²) in [6, 6.07) is 18.6. The van der Waals surface area contributed by atoms with E-state index in [2.05, 4.69) is 5.32 Å². The molecule has 4 rings (SSSR count). The van der Waals surface area contributed by atoms with Gasteiger partial charge in [0.2, 0.25) is 11.8 Å². The third-order valence-corrected chi connectivity index (χ3v) is 6.31. The second-order valence-corrected chi connectivity index (χ2v) is 8.21. The van der Waals surface area contributed by atoms with Gasteiger partial charge in [-0.3, -0.25) is 9.59 Å². The monoisotopic (exact) mass is 408 g/mol. The normalized spacial score (nSPS) is 23.1. The van der Waals surface area contributed by atoms with Crippen LogP contribution in [0.1, 0.15) is 37.3 Å². The van der Waals surface area contributed by atoms with Crippen LogP contribution in [0.4, 0.5) is 0 Å². The van der Waals surface area contributed by atoms with E-state index >= 15 is 0 Å². The maximum atomic E-state index is 13.0. The quantitative estimate of drug-likeness (QED) is 0.797. The lowest BCUT2D eigenvalue weighted by molar-refractivity contribution is -0.148. The largest absolute Gasteiger partial charge is 0.493 e. The molecule has 2 amide bonds. The van der Waals surface area contributed by atoms with Crippen molar-refractivity contribution in [1.82, 2.24) is 10.2 Å². The van der Waals surface area contributed by atoms with Crippen molar-refractivity contribution < 1.29 is 19.4 Å². The molecule has 6 heteroatoms. The topological polar surface area (TPSA) is 78.9 Å². The first-order valence-electron chi connectivity index (χ1n) is 10.6. The van der Waals surface area contributed by atoms with Crippen LogP contribution in [0.5, 0.6) is 5.75 Å². The number of carbonyl (C=O) groups is 2. The van der Waals surface area contributed by atoms with Crippen molar-refractivity contribution in [3.63, 3.8) is 0 Å². The zero-order chi connectivity index (χ0) is 21.0. The second kappa shape index (κ2) is 8.88. The Hall–Kier alpha value is -2.86. The summed E-state index contributed by atoms with van der Waals surface area (Å²) in [7, 11) is 0. The number of nitrogens with zero attached hydrogens (tertiary/aromatic N) is 1. The molecule has 0 aromatic heterocycles. The van der Waals surface area contributed by atoms with Crippen molar-refractivity contribution in [2.75, 3.05) is 19.7 Å². The summed E-state index contributed by atoms with van der Waals surface area (Å²) in [5.41, 5.74) is 0.321. The maximum Gasteiger partial charge on any atom is 0.227 e. The number of carbonyl (C=O) groups excluding carboxylic acids is 2. The number of hydrogen-bond donors (Lipinski definition) is 2. The van der Waals surface area contributed by atoms with Crippen molar-refractivity contribution in [1.29, 1.82) is 0 Å². The smallest absolute Gasteiger partial charge is 0.227 e. The molecule has 2 aromatic rings. The molecule has 2 aliphatic rings. The predicted molar refractivity (Wildman–Crippen MR) is 113 cm³/mol. The van der Waals surface area contributed by atoms with Crippen LogP contribution in [0.15, 0.2) is 60.7 Å². The van der Waals surface area contributed by atoms with Gasteiger partial charge in [-0.15, -0.1) is 0 Å². The number of aliphatic hydroxyl groups is 1. The van der Waals surface area contributed by atoms with Gasteiger partial charge in [-0.25, -0.2) is 0 Å². The van der Waals surface area contributed by atoms with Crippen molar-refractivity contribution in [3.8, 4) is 5.75 Å². The number of ether oxygens (including phenoxy) is 1.